The summed E-state index contributed by atoms with van der Waals surface area (Å²) in [7, 11) is 0. The average Bonchev–Trinajstić information content (AvgIpc) is 2.93. The molecule has 0 saturated carbocycles. The number of fused-ring (bicyclic) bond motifs is 2. The lowest BCUT2D eigenvalue weighted by Gasteiger charge is -2.14. The van der Waals surface area contributed by atoms with Gasteiger partial charge >= 0.3 is 5.97 Å². The molecule has 1 aliphatic heterocycles. The molecule has 3 aromatic rings. The Hall–Kier alpha value is -3.41. The van der Waals surface area contributed by atoms with Gasteiger partial charge in [-0.05, 0) is 35.2 Å². The second-order valence-corrected chi connectivity index (χ2v) is 5.59. The first kappa shape index (κ1) is 14.2. The first-order chi connectivity index (χ1) is 11.5. The maximum Gasteiger partial charge on any atom is 0.338 e. The summed E-state index contributed by atoms with van der Waals surface area (Å²) in [4.78, 5) is 11.9. The fourth-order valence-corrected chi connectivity index (χ4v) is 3.05. The maximum absolute atomic E-state index is 11.9. The van der Waals surface area contributed by atoms with Crippen LogP contribution in [0, 0.1) is 0 Å². The number of cyclic esters (lactones) is 1. The first-order valence-corrected chi connectivity index (χ1v) is 7.17. The molecule has 0 aliphatic carbocycles. The van der Waals surface area contributed by atoms with E-state index in [4.69, 9.17) is 4.74 Å². The molecule has 1 aliphatic rings. The second-order valence-electron chi connectivity index (χ2n) is 5.59. The molecule has 0 unspecified atom stereocenters. The van der Waals surface area contributed by atoms with Gasteiger partial charge in [-0.25, -0.2) is 4.79 Å². The molecule has 4 rings (SSSR count). The van der Waals surface area contributed by atoms with Crippen LogP contribution in [-0.2, 0) is 11.3 Å². The van der Waals surface area contributed by atoms with Crippen molar-refractivity contribution in [3.8, 4) is 34.1 Å². The van der Waals surface area contributed by atoms with Crippen molar-refractivity contribution in [1.29, 1.82) is 0 Å². The summed E-state index contributed by atoms with van der Waals surface area (Å²) in [6.07, 6.45) is 0. The van der Waals surface area contributed by atoms with E-state index in [9.17, 15) is 25.2 Å². The molecule has 0 radical (unpaired) electrons. The van der Waals surface area contributed by atoms with Crippen molar-refractivity contribution in [3.05, 3.63) is 47.5 Å². The molecule has 6 heteroatoms. The summed E-state index contributed by atoms with van der Waals surface area (Å²) in [5.74, 6) is -1.70. The lowest BCUT2D eigenvalue weighted by Crippen LogP contribution is -1.96. The standard InChI is InChI=1S/C18H12O6/c19-12-3-1-9(6-14(12)21)15-11-7-24-18(23)10(11)5-8-2-4-13(20)17(22)16(8)15/h1-6,19-22H,7H2. The van der Waals surface area contributed by atoms with Crippen LogP contribution in [0.3, 0.4) is 0 Å². The Bertz CT molecular complexity index is 1020. The van der Waals surface area contributed by atoms with Crippen LogP contribution in [0.5, 0.6) is 23.0 Å². The van der Waals surface area contributed by atoms with Crippen LogP contribution in [0.4, 0.5) is 0 Å². The van der Waals surface area contributed by atoms with E-state index >= 15 is 0 Å². The van der Waals surface area contributed by atoms with Crippen molar-refractivity contribution in [2.75, 3.05) is 0 Å². The number of carbonyl (C=O) groups is 1. The molecule has 0 bridgehead atoms. The summed E-state index contributed by atoms with van der Waals surface area (Å²) in [5, 5.41) is 40.4. The van der Waals surface area contributed by atoms with E-state index in [-0.39, 0.29) is 29.6 Å². The molecule has 0 amide bonds. The van der Waals surface area contributed by atoms with E-state index in [1.165, 1.54) is 18.2 Å². The average molecular weight is 324 g/mol. The third kappa shape index (κ3) is 1.86. The number of rotatable bonds is 1. The van der Waals surface area contributed by atoms with Crippen LogP contribution in [0.15, 0.2) is 36.4 Å². The number of hydrogen-bond donors (Lipinski definition) is 4. The molecule has 3 aromatic carbocycles. The van der Waals surface area contributed by atoms with Gasteiger partial charge in [-0.2, -0.15) is 0 Å². The number of benzene rings is 3. The molecule has 0 aromatic heterocycles. The summed E-state index contributed by atoms with van der Waals surface area (Å²) in [5.41, 5.74) is 1.87. The number of esters is 1. The van der Waals surface area contributed by atoms with Gasteiger partial charge in [-0.1, -0.05) is 12.1 Å². The molecule has 6 nitrogen and oxygen atoms in total. The maximum atomic E-state index is 11.9. The Morgan fingerprint density at radius 3 is 2.38 bits per heavy atom. The molecule has 0 spiro atoms. The molecule has 0 saturated heterocycles. The molecule has 0 fully saturated rings. The van der Waals surface area contributed by atoms with Crippen LogP contribution < -0.4 is 0 Å². The zero-order valence-electron chi connectivity index (χ0n) is 12.3. The second kappa shape index (κ2) is 4.79. The number of hydrogen-bond acceptors (Lipinski definition) is 6. The number of carbonyl (C=O) groups excluding carboxylic acids is 1. The number of aromatic hydroxyl groups is 4. The van der Waals surface area contributed by atoms with Crippen LogP contribution in [0.1, 0.15) is 15.9 Å². The van der Waals surface area contributed by atoms with E-state index < -0.39 is 5.97 Å². The Balaban J connectivity index is 2.17. The van der Waals surface area contributed by atoms with Gasteiger partial charge in [-0.3, -0.25) is 0 Å². The predicted molar refractivity (Wildman–Crippen MR) is 85.2 cm³/mol. The Kier molecular flexibility index (Phi) is 2.83. The highest BCUT2D eigenvalue weighted by molar-refractivity contribution is 6.10. The normalized spacial score (nSPS) is 13.1. The number of phenols is 4. The van der Waals surface area contributed by atoms with E-state index in [1.807, 2.05) is 0 Å². The molecule has 24 heavy (non-hydrogen) atoms. The Morgan fingerprint density at radius 1 is 0.875 bits per heavy atom. The summed E-state index contributed by atoms with van der Waals surface area (Å²) in [6, 6.07) is 8.71. The lowest BCUT2D eigenvalue weighted by molar-refractivity contribution is 0.0535. The fraction of sp³-hybridized carbons (Fsp3) is 0.0556. The van der Waals surface area contributed by atoms with Gasteiger partial charge in [-0.15, -0.1) is 0 Å². The highest BCUT2D eigenvalue weighted by atomic mass is 16.5. The predicted octanol–water partition coefficient (Wildman–Crippen LogP) is 3.00. The fourth-order valence-electron chi connectivity index (χ4n) is 3.05. The van der Waals surface area contributed by atoms with Crippen LogP contribution >= 0.6 is 0 Å². The molecular weight excluding hydrogens is 312 g/mol. The minimum absolute atomic E-state index is 0.0240. The van der Waals surface area contributed by atoms with E-state index in [1.54, 1.807) is 18.2 Å². The molecule has 120 valence electrons. The quantitative estimate of drug-likeness (QED) is 0.405. The first-order valence-electron chi connectivity index (χ1n) is 7.17. The van der Waals surface area contributed by atoms with Crippen LogP contribution in [0.2, 0.25) is 0 Å². The van der Waals surface area contributed by atoms with Gasteiger partial charge < -0.3 is 25.2 Å². The zero-order chi connectivity index (χ0) is 17.0. The van der Waals surface area contributed by atoms with Gasteiger partial charge in [0.05, 0.1) is 5.56 Å². The van der Waals surface area contributed by atoms with Crippen LogP contribution in [-0.4, -0.2) is 26.4 Å². The molecule has 0 atom stereocenters. The number of ether oxygens (including phenoxy) is 1. The van der Waals surface area contributed by atoms with Crippen molar-refractivity contribution < 1.29 is 30.0 Å². The molecule has 1 heterocycles. The van der Waals surface area contributed by atoms with Crippen molar-refractivity contribution in [1.82, 2.24) is 0 Å². The molecular formula is C18H12O6. The largest absolute Gasteiger partial charge is 0.504 e. The third-order valence-corrected chi connectivity index (χ3v) is 4.20. The van der Waals surface area contributed by atoms with E-state index in [0.717, 1.165) is 0 Å². The lowest BCUT2D eigenvalue weighted by atomic mass is 9.90. The van der Waals surface area contributed by atoms with Crippen molar-refractivity contribution in [2.24, 2.45) is 0 Å². The molecule has 4 N–H and O–H groups in total. The topological polar surface area (TPSA) is 107 Å². The number of phenolic OH excluding ortho intramolecular Hbond substituents is 4. The van der Waals surface area contributed by atoms with Gasteiger partial charge in [0.15, 0.2) is 23.0 Å². The van der Waals surface area contributed by atoms with E-state index in [0.29, 0.717) is 33.0 Å². The minimum Gasteiger partial charge on any atom is -0.504 e. The van der Waals surface area contributed by atoms with Gasteiger partial charge in [0, 0.05) is 16.5 Å². The highest BCUT2D eigenvalue weighted by Crippen LogP contribution is 2.45. The highest BCUT2D eigenvalue weighted by Gasteiger charge is 2.28. The van der Waals surface area contributed by atoms with Gasteiger partial charge in [0.25, 0.3) is 0 Å². The summed E-state index contributed by atoms with van der Waals surface area (Å²) in [6.45, 7) is 0.0240. The van der Waals surface area contributed by atoms with Crippen molar-refractivity contribution >= 4 is 16.7 Å². The van der Waals surface area contributed by atoms with E-state index in [2.05, 4.69) is 0 Å². The smallest absolute Gasteiger partial charge is 0.338 e. The summed E-state index contributed by atoms with van der Waals surface area (Å²) < 4.78 is 5.09. The van der Waals surface area contributed by atoms with Crippen LogP contribution in [0.25, 0.3) is 21.9 Å². The summed E-state index contributed by atoms with van der Waals surface area (Å²) >= 11 is 0. The Morgan fingerprint density at radius 2 is 1.62 bits per heavy atom. The zero-order valence-corrected chi connectivity index (χ0v) is 12.3. The van der Waals surface area contributed by atoms with Gasteiger partial charge in [0.1, 0.15) is 6.61 Å². The Labute approximate surface area is 135 Å². The van der Waals surface area contributed by atoms with Crippen molar-refractivity contribution in [3.63, 3.8) is 0 Å². The van der Waals surface area contributed by atoms with Crippen molar-refractivity contribution in [2.45, 2.75) is 6.61 Å². The minimum atomic E-state index is -0.469. The monoisotopic (exact) mass is 324 g/mol. The third-order valence-electron chi connectivity index (χ3n) is 4.20. The SMILES string of the molecule is O=C1OCc2c1cc1ccc(O)c(O)c1c2-c1ccc(O)c(O)c1. The van der Waals surface area contributed by atoms with Gasteiger partial charge in [0.2, 0.25) is 0 Å².